The van der Waals surface area contributed by atoms with Crippen molar-refractivity contribution in [1.82, 2.24) is 4.90 Å². The second-order valence-electron chi connectivity index (χ2n) is 4.97. The number of benzene rings is 1. The first-order valence-corrected chi connectivity index (χ1v) is 8.89. The highest BCUT2D eigenvalue weighted by molar-refractivity contribution is 7.47. The SMILES string of the molecule is O=C1C=CC(=O)N1CCOCCOP(=O)(O)Oc1ccc(CO)cc1. The lowest BCUT2D eigenvalue weighted by atomic mass is 10.2. The molecule has 1 heterocycles. The minimum absolute atomic E-state index is 0.0129. The third-order valence-electron chi connectivity index (χ3n) is 3.17. The molecular formula is C15H18NO8P. The molecule has 0 aromatic heterocycles. The van der Waals surface area contributed by atoms with E-state index in [0.717, 1.165) is 4.90 Å². The average molecular weight is 371 g/mol. The van der Waals surface area contributed by atoms with Gasteiger partial charge in [0.15, 0.2) is 0 Å². The first kappa shape index (κ1) is 19.3. The van der Waals surface area contributed by atoms with E-state index in [1.165, 1.54) is 24.3 Å². The van der Waals surface area contributed by atoms with Gasteiger partial charge in [-0.05, 0) is 17.7 Å². The average Bonchev–Trinajstić information content (AvgIpc) is 2.90. The zero-order valence-electron chi connectivity index (χ0n) is 13.2. The van der Waals surface area contributed by atoms with Gasteiger partial charge in [-0.3, -0.25) is 23.9 Å². The van der Waals surface area contributed by atoms with E-state index in [2.05, 4.69) is 0 Å². The summed E-state index contributed by atoms with van der Waals surface area (Å²) in [6.45, 7) is -0.184. The van der Waals surface area contributed by atoms with Gasteiger partial charge in [-0.1, -0.05) is 12.1 Å². The number of carbonyl (C=O) groups is 2. The zero-order chi connectivity index (χ0) is 18.3. The van der Waals surface area contributed by atoms with Crippen molar-refractivity contribution < 1.29 is 37.9 Å². The zero-order valence-corrected chi connectivity index (χ0v) is 14.1. The Hall–Kier alpha value is -2.03. The molecule has 0 saturated carbocycles. The maximum atomic E-state index is 11.8. The van der Waals surface area contributed by atoms with Crippen molar-refractivity contribution in [3.8, 4) is 5.75 Å². The van der Waals surface area contributed by atoms with Crippen molar-refractivity contribution in [1.29, 1.82) is 0 Å². The van der Waals surface area contributed by atoms with Crippen LogP contribution in [0, 0.1) is 0 Å². The smallest absolute Gasteiger partial charge is 0.404 e. The van der Waals surface area contributed by atoms with Gasteiger partial charge in [0.1, 0.15) is 5.75 Å². The van der Waals surface area contributed by atoms with Crippen LogP contribution in [0.1, 0.15) is 5.56 Å². The van der Waals surface area contributed by atoms with Gasteiger partial charge in [0.05, 0.1) is 33.0 Å². The molecule has 9 nitrogen and oxygen atoms in total. The van der Waals surface area contributed by atoms with Crippen molar-refractivity contribution >= 4 is 19.6 Å². The van der Waals surface area contributed by atoms with Gasteiger partial charge in [-0.15, -0.1) is 0 Å². The van der Waals surface area contributed by atoms with E-state index in [4.69, 9.17) is 18.9 Å². The van der Waals surface area contributed by atoms with Crippen LogP contribution < -0.4 is 4.52 Å². The number of phosphoric acid groups is 1. The Balaban J connectivity index is 1.63. The van der Waals surface area contributed by atoms with Gasteiger partial charge in [0, 0.05) is 12.2 Å². The highest BCUT2D eigenvalue weighted by atomic mass is 31.2. The van der Waals surface area contributed by atoms with E-state index >= 15 is 0 Å². The van der Waals surface area contributed by atoms with Crippen LogP contribution in [-0.2, 0) is 30.0 Å². The van der Waals surface area contributed by atoms with E-state index in [9.17, 15) is 19.0 Å². The quantitative estimate of drug-likeness (QED) is 0.349. The molecule has 10 heteroatoms. The third kappa shape index (κ3) is 6.08. The molecule has 1 aliphatic rings. The molecule has 25 heavy (non-hydrogen) atoms. The maximum Gasteiger partial charge on any atom is 0.527 e. The van der Waals surface area contributed by atoms with E-state index < -0.39 is 19.6 Å². The molecule has 0 fully saturated rings. The molecular weight excluding hydrogens is 353 g/mol. The van der Waals surface area contributed by atoms with Crippen molar-refractivity contribution in [3.63, 3.8) is 0 Å². The number of ether oxygens (including phenoxy) is 1. The minimum Gasteiger partial charge on any atom is -0.404 e. The van der Waals surface area contributed by atoms with Crippen LogP contribution >= 0.6 is 7.82 Å². The molecule has 136 valence electrons. The molecule has 0 bridgehead atoms. The lowest BCUT2D eigenvalue weighted by Gasteiger charge is -2.15. The molecule has 1 atom stereocenters. The molecule has 1 aromatic rings. The van der Waals surface area contributed by atoms with Gasteiger partial charge >= 0.3 is 7.82 Å². The second-order valence-corrected chi connectivity index (χ2v) is 6.35. The Bertz CT molecular complexity index is 669. The fourth-order valence-corrected chi connectivity index (χ4v) is 2.68. The Morgan fingerprint density at radius 2 is 1.64 bits per heavy atom. The molecule has 2 amide bonds. The number of hydrogen-bond donors (Lipinski definition) is 2. The van der Waals surface area contributed by atoms with E-state index in [1.54, 1.807) is 12.1 Å². The summed E-state index contributed by atoms with van der Waals surface area (Å²) >= 11 is 0. The monoisotopic (exact) mass is 371 g/mol. The van der Waals surface area contributed by atoms with Gasteiger partial charge < -0.3 is 14.4 Å². The highest BCUT2D eigenvalue weighted by Gasteiger charge is 2.24. The molecule has 2 N–H and O–H groups in total. The molecule has 0 radical (unpaired) electrons. The summed E-state index contributed by atoms with van der Waals surface area (Å²) in [6.07, 6.45) is 2.36. The third-order valence-corrected chi connectivity index (χ3v) is 4.12. The Labute approximate surface area is 144 Å². The van der Waals surface area contributed by atoms with Gasteiger partial charge in [0.2, 0.25) is 0 Å². The normalized spacial score (nSPS) is 16.3. The predicted octanol–water partition coefficient (Wildman–Crippen LogP) is 0.616. The number of amides is 2. The van der Waals surface area contributed by atoms with E-state index in [0.29, 0.717) is 5.56 Å². The Morgan fingerprint density at radius 1 is 1.00 bits per heavy atom. The van der Waals surface area contributed by atoms with Crippen molar-refractivity contribution in [3.05, 3.63) is 42.0 Å². The minimum atomic E-state index is -4.30. The standard InChI is InChI=1S/C15H18NO8P/c17-11-12-1-3-13(4-2-12)24-25(20,21)23-10-9-22-8-7-16-14(18)5-6-15(16)19/h1-6,17H,7-11H2,(H,20,21). The fourth-order valence-electron chi connectivity index (χ4n) is 1.94. The van der Waals surface area contributed by atoms with Crippen LogP contribution in [-0.4, -0.2) is 53.1 Å². The maximum absolute atomic E-state index is 11.8. The fraction of sp³-hybridized carbons (Fsp3) is 0.333. The summed E-state index contributed by atoms with van der Waals surface area (Å²) in [4.78, 5) is 33.2. The van der Waals surface area contributed by atoms with Gasteiger partial charge in [-0.2, -0.15) is 0 Å². The molecule has 0 saturated heterocycles. The number of aliphatic hydroxyl groups excluding tert-OH is 1. The number of aliphatic hydroxyl groups is 1. The summed E-state index contributed by atoms with van der Waals surface area (Å²) in [7, 11) is -4.30. The van der Waals surface area contributed by atoms with Crippen molar-refractivity contribution in [2.75, 3.05) is 26.4 Å². The summed E-state index contributed by atoms with van der Waals surface area (Å²) in [5, 5.41) is 8.92. The predicted molar refractivity (Wildman–Crippen MR) is 85.4 cm³/mol. The number of phosphoric ester groups is 1. The summed E-state index contributed by atoms with van der Waals surface area (Å²) < 4.78 is 26.5. The first-order valence-electron chi connectivity index (χ1n) is 7.39. The topological polar surface area (TPSA) is 123 Å². The molecule has 2 rings (SSSR count). The van der Waals surface area contributed by atoms with Gasteiger partial charge in [0.25, 0.3) is 11.8 Å². The van der Waals surface area contributed by atoms with Crippen LogP contribution in [0.25, 0.3) is 0 Å². The lowest BCUT2D eigenvalue weighted by molar-refractivity contribution is -0.137. The molecule has 1 aromatic carbocycles. The highest BCUT2D eigenvalue weighted by Crippen LogP contribution is 2.43. The van der Waals surface area contributed by atoms with Crippen LogP contribution in [0.15, 0.2) is 36.4 Å². The largest absolute Gasteiger partial charge is 0.527 e. The number of carbonyl (C=O) groups excluding carboxylic acids is 2. The van der Waals surface area contributed by atoms with Crippen molar-refractivity contribution in [2.45, 2.75) is 6.61 Å². The van der Waals surface area contributed by atoms with Crippen LogP contribution in [0.2, 0.25) is 0 Å². The summed E-state index contributed by atoms with van der Waals surface area (Å²) in [5.41, 5.74) is 0.639. The molecule has 1 unspecified atom stereocenters. The van der Waals surface area contributed by atoms with Gasteiger partial charge in [-0.25, -0.2) is 4.57 Å². The molecule has 1 aliphatic heterocycles. The Kier molecular flexibility index (Phi) is 6.86. The second kappa shape index (κ2) is 8.89. The number of nitrogens with zero attached hydrogens (tertiary/aromatic N) is 1. The summed E-state index contributed by atoms with van der Waals surface area (Å²) in [5.74, 6) is -0.668. The van der Waals surface area contributed by atoms with Crippen LogP contribution in [0.3, 0.4) is 0 Å². The first-order chi connectivity index (χ1) is 11.9. The van der Waals surface area contributed by atoms with E-state index in [1.807, 2.05) is 0 Å². The Morgan fingerprint density at radius 3 is 2.24 bits per heavy atom. The van der Waals surface area contributed by atoms with Crippen LogP contribution in [0.5, 0.6) is 5.75 Å². The molecule has 0 aliphatic carbocycles. The molecule has 0 spiro atoms. The number of rotatable bonds is 10. The summed E-state index contributed by atoms with van der Waals surface area (Å²) in [6, 6.07) is 5.97. The van der Waals surface area contributed by atoms with E-state index in [-0.39, 0.29) is 38.7 Å². The van der Waals surface area contributed by atoms with Crippen molar-refractivity contribution in [2.24, 2.45) is 0 Å². The lowest BCUT2D eigenvalue weighted by Crippen LogP contribution is -2.33. The van der Waals surface area contributed by atoms with Crippen LogP contribution in [0.4, 0.5) is 0 Å². The number of imide groups is 1. The number of hydrogen-bond acceptors (Lipinski definition) is 7.